The monoisotopic (exact) mass is 327 g/mol. The molecule has 0 spiro atoms. The van der Waals surface area contributed by atoms with E-state index in [1.165, 1.54) is 0 Å². The molecule has 0 bridgehead atoms. The molecule has 1 heterocycles. The highest BCUT2D eigenvalue weighted by atomic mass is 16.5. The first-order valence-electron chi connectivity index (χ1n) is 7.49. The lowest BCUT2D eigenvalue weighted by atomic mass is 10.1. The Balaban J connectivity index is 1.66. The molecule has 0 aliphatic carbocycles. The van der Waals surface area contributed by atoms with E-state index in [0.717, 1.165) is 11.3 Å². The van der Waals surface area contributed by atoms with E-state index >= 15 is 0 Å². The minimum absolute atomic E-state index is 0.308. The molecule has 2 aromatic carbocycles. The summed E-state index contributed by atoms with van der Waals surface area (Å²) in [4.78, 5) is 8.44. The molecule has 0 amide bonds. The topological polar surface area (TPSA) is 94.6 Å². The highest BCUT2D eigenvalue weighted by Gasteiger charge is 2.03. The van der Waals surface area contributed by atoms with E-state index in [4.69, 9.17) is 15.3 Å². The highest BCUT2D eigenvalue weighted by molar-refractivity contribution is 5.54. The molecule has 0 atom stereocenters. The zero-order chi connectivity index (χ0) is 17.5. The Morgan fingerprint density at radius 3 is 2.52 bits per heavy atom. The summed E-state index contributed by atoms with van der Waals surface area (Å²) in [7, 11) is 0. The molecule has 0 unspecified atom stereocenters. The van der Waals surface area contributed by atoms with Crippen molar-refractivity contribution in [2.45, 2.75) is 6.61 Å². The summed E-state index contributed by atoms with van der Waals surface area (Å²) in [5.41, 5.74) is 2.84. The molecule has 0 saturated heterocycles. The first-order chi connectivity index (χ1) is 12.3. The largest absolute Gasteiger partial charge is 0.473 e. The Kier molecular flexibility index (Phi) is 4.84. The van der Waals surface area contributed by atoms with Crippen LogP contribution in [0.25, 0.3) is 0 Å². The Labute approximate surface area is 145 Å². The second-order valence-corrected chi connectivity index (χ2v) is 5.13. The van der Waals surface area contributed by atoms with Crippen LogP contribution in [-0.4, -0.2) is 9.97 Å². The lowest BCUT2D eigenvalue weighted by molar-refractivity contribution is 0.294. The highest BCUT2D eigenvalue weighted by Crippen LogP contribution is 2.16. The van der Waals surface area contributed by atoms with Crippen molar-refractivity contribution in [3.05, 3.63) is 77.5 Å². The van der Waals surface area contributed by atoms with Crippen LogP contribution in [0.15, 0.2) is 60.8 Å². The molecule has 3 rings (SSSR count). The van der Waals surface area contributed by atoms with E-state index in [2.05, 4.69) is 27.4 Å². The predicted molar refractivity (Wildman–Crippen MR) is 92.0 cm³/mol. The number of rotatable bonds is 5. The molecule has 3 aromatic rings. The Bertz CT molecular complexity index is 955. The first kappa shape index (κ1) is 16.0. The minimum Gasteiger partial charge on any atom is -0.473 e. The number of ether oxygens (including phenoxy) is 1. The van der Waals surface area contributed by atoms with Crippen molar-refractivity contribution in [3.8, 4) is 18.0 Å². The average Bonchev–Trinajstić information content (AvgIpc) is 2.67. The van der Waals surface area contributed by atoms with Crippen LogP contribution >= 0.6 is 0 Å². The zero-order valence-electron chi connectivity index (χ0n) is 13.2. The fraction of sp³-hybridized carbons (Fsp3) is 0.0526. The van der Waals surface area contributed by atoms with E-state index in [-0.39, 0.29) is 0 Å². The normalized spacial score (nSPS) is 9.68. The lowest BCUT2D eigenvalue weighted by Gasteiger charge is -2.08. The van der Waals surface area contributed by atoms with Crippen LogP contribution in [0, 0.1) is 22.7 Å². The third-order valence-corrected chi connectivity index (χ3v) is 3.34. The van der Waals surface area contributed by atoms with Crippen LogP contribution in [0.3, 0.4) is 0 Å². The van der Waals surface area contributed by atoms with E-state index in [1.807, 2.05) is 12.1 Å². The molecule has 0 saturated carbocycles. The van der Waals surface area contributed by atoms with Crippen LogP contribution in [0.2, 0.25) is 0 Å². The molecule has 6 heteroatoms. The smallest absolute Gasteiger partial charge is 0.230 e. The van der Waals surface area contributed by atoms with Crippen LogP contribution in [0.4, 0.5) is 11.6 Å². The average molecular weight is 327 g/mol. The fourth-order valence-electron chi connectivity index (χ4n) is 2.13. The first-order valence-corrected chi connectivity index (χ1v) is 7.49. The summed E-state index contributed by atoms with van der Waals surface area (Å²) in [6.07, 6.45) is 1.60. The van der Waals surface area contributed by atoms with Gasteiger partial charge in [0.05, 0.1) is 23.3 Å². The molecule has 0 aliphatic rings. The maximum Gasteiger partial charge on any atom is 0.230 e. The van der Waals surface area contributed by atoms with E-state index < -0.39 is 0 Å². The summed E-state index contributed by atoms with van der Waals surface area (Å²) in [6, 6.07) is 20.0. The van der Waals surface area contributed by atoms with Crippen molar-refractivity contribution < 1.29 is 4.74 Å². The molecule has 6 nitrogen and oxygen atoms in total. The van der Waals surface area contributed by atoms with Crippen molar-refractivity contribution >= 4 is 11.6 Å². The lowest BCUT2D eigenvalue weighted by Crippen LogP contribution is -2.01. The number of nitrogens with zero attached hydrogens (tertiary/aromatic N) is 4. The molecule has 1 N–H and O–H groups in total. The standard InChI is InChI=1S/C19H13N5O/c20-11-14-4-6-17(7-5-14)23-19-22-9-8-18(24-19)25-13-16-3-1-2-15(10-16)12-21/h1-10H,13H2,(H,22,23,24). The fourth-order valence-corrected chi connectivity index (χ4v) is 2.13. The van der Waals surface area contributed by atoms with Gasteiger partial charge >= 0.3 is 0 Å². The summed E-state index contributed by atoms with van der Waals surface area (Å²) >= 11 is 0. The predicted octanol–water partition coefficient (Wildman–Crippen LogP) is 3.54. The molecular weight excluding hydrogens is 314 g/mol. The van der Waals surface area contributed by atoms with Crippen molar-refractivity contribution in [3.63, 3.8) is 0 Å². The van der Waals surface area contributed by atoms with Gasteiger partial charge in [-0.25, -0.2) is 4.98 Å². The van der Waals surface area contributed by atoms with Gasteiger partial charge in [-0.05, 0) is 42.0 Å². The maximum atomic E-state index is 8.92. The van der Waals surface area contributed by atoms with Crippen LogP contribution < -0.4 is 10.1 Å². The number of nitriles is 2. The Morgan fingerprint density at radius 1 is 0.960 bits per heavy atom. The van der Waals surface area contributed by atoms with Crippen molar-refractivity contribution in [2.75, 3.05) is 5.32 Å². The molecular formula is C19H13N5O. The number of hydrogen-bond acceptors (Lipinski definition) is 6. The van der Waals surface area contributed by atoms with Gasteiger partial charge in [-0.3, -0.25) is 0 Å². The Hall–Kier alpha value is -3.90. The van der Waals surface area contributed by atoms with Gasteiger partial charge in [0.2, 0.25) is 11.8 Å². The molecule has 1 aromatic heterocycles. The van der Waals surface area contributed by atoms with Gasteiger partial charge in [-0.15, -0.1) is 0 Å². The van der Waals surface area contributed by atoms with Crippen molar-refractivity contribution in [2.24, 2.45) is 0 Å². The number of aromatic nitrogens is 2. The molecule has 25 heavy (non-hydrogen) atoms. The third-order valence-electron chi connectivity index (χ3n) is 3.34. The van der Waals surface area contributed by atoms with Gasteiger partial charge in [0.1, 0.15) is 6.61 Å². The van der Waals surface area contributed by atoms with Gasteiger partial charge < -0.3 is 10.1 Å². The van der Waals surface area contributed by atoms with E-state index in [1.54, 1.807) is 48.7 Å². The van der Waals surface area contributed by atoms with Crippen LogP contribution in [0.5, 0.6) is 5.88 Å². The minimum atomic E-state index is 0.308. The van der Waals surface area contributed by atoms with Crippen molar-refractivity contribution in [1.82, 2.24) is 9.97 Å². The molecule has 0 aliphatic heterocycles. The number of anilines is 2. The van der Waals surface area contributed by atoms with Crippen LogP contribution in [-0.2, 0) is 6.61 Å². The second-order valence-electron chi connectivity index (χ2n) is 5.13. The molecule has 120 valence electrons. The zero-order valence-corrected chi connectivity index (χ0v) is 13.2. The quantitative estimate of drug-likeness (QED) is 0.770. The number of benzene rings is 2. The van der Waals surface area contributed by atoms with Crippen LogP contribution in [0.1, 0.15) is 16.7 Å². The molecule has 0 fully saturated rings. The van der Waals surface area contributed by atoms with Crippen molar-refractivity contribution in [1.29, 1.82) is 10.5 Å². The summed E-state index contributed by atoms with van der Waals surface area (Å²) in [5, 5.41) is 20.8. The molecule has 0 radical (unpaired) electrons. The summed E-state index contributed by atoms with van der Waals surface area (Å²) in [5.74, 6) is 0.821. The van der Waals surface area contributed by atoms with Gasteiger partial charge in [-0.1, -0.05) is 12.1 Å². The number of hydrogen-bond donors (Lipinski definition) is 1. The van der Waals surface area contributed by atoms with E-state index in [0.29, 0.717) is 29.6 Å². The number of nitrogens with one attached hydrogen (secondary N) is 1. The second kappa shape index (κ2) is 7.58. The van der Waals surface area contributed by atoms with Gasteiger partial charge in [0.15, 0.2) is 0 Å². The van der Waals surface area contributed by atoms with Gasteiger partial charge in [0.25, 0.3) is 0 Å². The maximum absolute atomic E-state index is 8.92. The van der Waals surface area contributed by atoms with Gasteiger partial charge in [-0.2, -0.15) is 15.5 Å². The summed E-state index contributed by atoms with van der Waals surface area (Å²) < 4.78 is 5.66. The Morgan fingerprint density at radius 2 is 1.76 bits per heavy atom. The third kappa shape index (κ3) is 4.31. The summed E-state index contributed by atoms with van der Waals surface area (Å²) in [6.45, 7) is 0.308. The van der Waals surface area contributed by atoms with Gasteiger partial charge in [0, 0.05) is 18.0 Å². The SMILES string of the molecule is N#Cc1ccc(Nc2nccc(OCc3cccc(C#N)c3)n2)cc1. The van der Waals surface area contributed by atoms with E-state index in [9.17, 15) is 0 Å².